The van der Waals surface area contributed by atoms with Crippen LogP contribution in [-0.4, -0.2) is 52.5 Å². The SMILES string of the molecule is Cc1ccc(CC(=O)C2(C(=O)O)CCN(CCC(=O)O)CC2)c(C)c1. The molecule has 1 saturated heterocycles. The molecule has 0 aliphatic carbocycles. The lowest BCUT2D eigenvalue weighted by molar-refractivity contribution is -0.158. The van der Waals surface area contributed by atoms with Crippen LogP contribution in [0.3, 0.4) is 0 Å². The second-order valence-corrected chi connectivity index (χ2v) is 6.90. The van der Waals surface area contributed by atoms with E-state index in [0.717, 1.165) is 16.7 Å². The Morgan fingerprint density at radius 3 is 2.28 bits per heavy atom. The molecule has 25 heavy (non-hydrogen) atoms. The fourth-order valence-electron chi connectivity index (χ4n) is 3.41. The summed E-state index contributed by atoms with van der Waals surface area (Å²) in [6.45, 7) is 5.15. The van der Waals surface area contributed by atoms with E-state index < -0.39 is 17.4 Å². The number of Topliss-reactive ketones (excluding diaryl/α,β-unsaturated/α-hetero) is 1. The molecular weight excluding hydrogens is 322 g/mol. The van der Waals surface area contributed by atoms with Gasteiger partial charge in [-0.05, 0) is 50.9 Å². The maximum absolute atomic E-state index is 12.8. The molecule has 0 amide bonds. The van der Waals surface area contributed by atoms with Gasteiger partial charge in [0.2, 0.25) is 0 Å². The molecular formula is C19H25NO5. The molecule has 0 unspecified atom stereocenters. The number of carboxylic acids is 2. The topological polar surface area (TPSA) is 94.9 Å². The normalized spacial score (nSPS) is 17.2. The minimum atomic E-state index is -1.36. The number of hydrogen-bond donors (Lipinski definition) is 2. The highest BCUT2D eigenvalue weighted by atomic mass is 16.4. The average molecular weight is 347 g/mol. The molecule has 1 aromatic carbocycles. The van der Waals surface area contributed by atoms with Crippen LogP contribution in [0.2, 0.25) is 0 Å². The fraction of sp³-hybridized carbons (Fsp3) is 0.526. The highest BCUT2D eigenvalue weighted by molar-refractivity contribution is 6.04. The van der Waals surface area contributed by atoms with Crippen LogP contribution in [0.4, 0.5) is 0 Å². The molecule has 6 heteroatoms. The van der Waals surface area contributed by atoms with Crippen LogP contribution < -0.4 is 0 Å². The Labute approximate surface area is 147 Å². The zero-order chi connectivity index (χ0) is 18.6. The van der Waals surface area contributed by atoms with Crippen molar-refractivity contribution >= 4 is 17.7 Å². The lowest BCUT2D eigenvalue weighted by Crippen LogP contribution is -2.49. The predicted octanol–water partition coefficient (Wildman–Crippen LogP) is 2.06. The number of aliphatic carboxylic acids is 2. The van der Waals surface area contributed by atoms with Crippen LogP contribution in [0.1, 0.15) is 36.0 Å². The average Bonchev–Trinajstić information content (AvgIpc) is 2.55. The minimum Gasteiger partial charge on any atom is -0.481 e. The van der Waals surface area contributed by atoms with Crippen LogP contribution in [-0.2, 0) is 20.8 Å². The highest BCUT2D eigenvalue weighted by Gasteiger charge is 2.47. The van der Waals surface area contributed by atoms with Gasteiger partial charge >= 0.3 is 11.9 Å². The van der Waals surface area contributed by atoms with Gasteiger partial charge in [-0.25, -0.2) is 0 Å². The van der Waals surface area contributed by atoms with Crippen molar-refractivity contribution in [2.45, 2.75) is 39.5 Å². The fourth-order valence-corrected chi connectivity index (χ4v) is 3.41. The predicted molar refractivity (Wildman–Crippen MR) is 92.6 cm³/mol. The minimum absolute atomic E-state index is 0.0244. The van der Waals surface area contributed by atoms with E-state index in [1.54, 1.807) is 0 Å². The first kappa shape index (κ1) is 19.1. The Hall–Kier alpha value is -2.21. The van der Waals surface area contributed by atoms with E-state index in [0.29, 0.717) is 19.6 Å². The second-order valence-electron chi connectivity index (χ2n) is 6.90. The molecule has 1 aliphatic heterocycles. The summed E-state index contributed by atoms with van der Waals surface area (Å²) in [4.78, 5) is 37.3. The third-order valence-corrected chi connectivity index (χ3v) is 5.14. The molecule has 2 rings (SSSR count). The van der Waals surface area contributed by atoms with E-state index in [-0.39, 0.29) is 31.5 Å². The Morgan fingerprint density at radius 2 is 1.76 bits per heavy atom. The van der Waals surface area contributed by atoms with Gasteiger partial charge in [0.05, 0.1) is 6.42 Å². The smallest absolute Gasteiger partial charge is 0.317 e. The summed E-state index contributed by atoms with van der Waals surface area (Å²) < 4.78 is 0. The van der Waals surface area contributed by atoms with E-state index in [4.69, 9.17) is 5.11 Å². The largest absolute Gasteiger partial charge is 0.481 e. The first-order valence-corrected chi connectivity index (χ1v) is 8.51. The molecule has 1 aliphatic rings. The monoisotopic (exact) mass is 347 g/mol. The van der Waals surface area contributed by atoms with Crippen LogP contribution in [0.25, 0.3) is 0 Å². The molecule has 0 spiro atoms. The van der Waals surface area contributed by atoms with Crippen molar-refractivity contribution < 1.29 is 24.6 Å². The number of benzene rings is 1. The number of ketones is 1. The number of rotatable bonds is 7. The van der Waals surface area contributed by atoms with E-state index in [1.165, 1.54) is 0 Å². The van der Waals surface area contributed by atoms with Gasteiger partial charge in [-0.1, -0.05) is 23.8 Å². The van der Waals surface area contributed by atoms with Gasteiger partial charge < -0.3 is 15.1 Å². The quantitative estimate of drug-likeness (QED) is 0.733. The molecule has 136 valence electrons. The summed E-state index contributed by atoms with van der Waals surface area (Å²) in [5.74, 6) is -2.20. The van der Waals surface area contributed by atoms with Crippen LogP contribution in [0.15, 0.2) is 18.2 Å². The van der Waals surface area contributed by atoms with Crippen molar-refractivity contribution in [2.75, 3.05) is 19.6 Å². The van der Waals surface area contributed by atoms with E-state index in [9.17, 15) is 19.5 Å². The molecule has 1 aromatic rings. The number of piperidine rings is 1. The van der Waals surface area contributed by atoms with Gasteiger partial charge in [-0.2, -0.15) is 0 Å². The zero-order valence-corrected chi connectivity index (χ0v) is 14.7. The molecule has 1 fully saturated rings. The summed E-state index contributed by atoms with van der Waals surface area (Å²) in [6, 6.07) is 5.81. The Kier molecular flexibility index (Phi) is 5.95. The van der Waals surface area contributed by atoms with Crippen molar-refractivity contribution in [2.24, 2.45) is 5.41 Å². The molecule has 0 aromatic heterocycles. The number of carbonyl (C=O) groups is 3. The van der Waals surface area contributed by atoms with Crippen LogP contribution >= 0.6 is 0 Å². The van der Waals surface area contributed by atoms with Crippen LogP contribution in [0, 0.1) is 19.3 Å². The molecule has 1 heterocycles. The Balaban J connectivity index is 2.08. The number of carbonyl (C=O) groups excluding carboxylic acids is 1. The summed E-state index contributed by atoms with van der Waals surface area (Å²) >= 11 is 0. The first-order valence-electron chi connectivity index (χ1n) is 8.51. The van der Waals surface area contributed by atoms with E-state index in [1.807, 2.05) is 36.9 Å². The van der Waals surface area contributed by atoms with Crippen molar-refractivity contribution in [1.82, 2.24) is 4.90 Å². The summed E-state index contributed by atoms with van der Waals surface area (Å²) in [5.41, 5.74) is 1.60. The Morgan fingerprint density at radius 1 is 1.12 bits per heavy atom. The standard InChI is InChI=1S/C19H25NO5/c1-13-3-4-15(14(2)11-13)12-16(21)19(18(24)25)6-9-20(10-7-19)8-5-17(22)23/h3-4,11H,5-10,12H2,1-2H3,(H,22,23)(H,24,25). The van der Waals surface area contributed by atoms with E-state index >= 15 is 0 Å². The maximum atomic E-state index is 12.8. The van der Waals surface area contributed by atoms with Crippen molar-refractivity contribution in [3.63, 3.8) is 0 Å². The third kappa shape index (κ3) is 4.45. The summed E-state index contributed by atoms with van der Waals surface area (Å²) in [6.07, 6.45) is 0.599. The van der Waals surface area contributed by atoms with E-state index in [2.05, 4.69) is 0 Å². The number of nitrogens with zero attached hydrogens (tertiary/aromatic N) is 1. The van der Waals surface area contributed by atoms with Gasteiger partial charge in [0.15, 0.2) is 5.78 Å². The molecule has 0 saturated carbocycles. The lowest BCUT2D eigenvalue weighted by atomic mass is 9.73. The van der Waals surface area contributed by atoms with Gasteiger partial charge in [-0.3, -0.25) is 14.4 Å². The molecule has 0 radical (unpaired) electrons. The lowest BCUT2D eigenvalue weighted by Gasteiger charge is -2.37. The third-order valence-electron chi connectivity index (χ3n) is 5.14. The summed E-state index contributed by atoms with van der Waals surface area (Å²) in [7, 11) is 0. The maximum Gasteiger partial charge on any atom is 0.317 e. The molecule has 0 atom stereocenters. The molecule has 6 nitrogen and oxygen atoms in total. The number of hydrogen-bond acceptors (Lipinski definition) is 4. The number of aryl methyl sites for hydroxylation is 2. The highest BCUT2D eigenvalue weighted by Crippen LogP contribution is 2.34. The van der Waals surface area contributed by atoms with Gasteiger partial charge in [0.25, 0.3) is 0 Å². The van der Waals surface area contributed by atoms with Crippen molar-refractivity contribution in [3.8, 4) is 0 Å². The summed E-state index contributed by atoms with van der Waals surface area (Å²) in [5, 5.41) is 18.5. The second kappa shape index (κ2) is 7.78. The van der Waals surface area contributed by atoms with Crippen molar-refractivity contribution in [1.29, 1.82) is 0 Å². The first-order chi connectivity index (χ1) is 11.7. The zero-order valence-electron chi connectivity index (χ0n) is 14.7. The van der Waals surface area contributed by atoms with Crippen molar-refractivity contribution in [3.05, 3.63) is 34.9 Å². The number of carboxylic acid groups (broad SMARTS) is 2. The van der Waals surface area contributed by atoms with Gasteiger partial charge in [-0.15, -0.1) is 0 Å². The Bertz CT molecular complexity index is 674. The molecule has 2 N–H and O–H groups in total. The van der Waals surface area contributed by atoms with Gasteiger partial charge in [0, 0.05) is 13.0 Å². The van der Waals surface area contributed by atoms with Crippen LogP contribution in [0.5, 0.6) is 0 Å². The molecule has 0 bridgehead atoms. The number of likely N-dealkylation sites (tertiary alicyclic amines) is 1. The van der Waals surface area contributed by atoms with Gasteiger partial charge in [0.1, 0.15) is 5.41 Å².